The molecule has 0 amide bonds. The van der Waals surface area contributed by atoms with Gasteiger partial charge in [0.1, 0.15) is 0 Å². The van der Waals surface area contributed by atoms with Gasteiger partial charge in [-0.05, 0) is 38.3 Å². The van der Waals surface area contributed by atoms with E-state index in [9.17, 15) is 5.11 Å². The highest BCUT2D eigenvalue weighted by Gasteiger charge is 2.26. The summed E-state index contributed by atoms with van der Waals surface area (Å²) in [7, 11) is 1.67. The number of hydrogen-bond acceptors (Lipinski definition) is 4. The van der Waals surface area contributed by atoms with Crippen molar-refractivity contribution in [1.29, 1.82) is 0 Å². The molecule has 1 aromatic carbocycles. The third-order valence-electron chi connectivity index (χ3n) is 3.52. The third-order valence-corrected chi connectivity index (χ3v) is 3.52. The van der Waals surface area contributed by atoms with E-state index < -0.39 is 0 Å². The molecule has 1 saturated carbocycles. The van der Waals surface area contributed by atoms with Crippen LogP contribution in [0, 0.1) is 5.92 Å². The molecule has 1 fully saturated rings. The molecule has 0 aliphatic heterocycles. The lowest BCUT2D eigenvalue weighted by Crippen LogP contribution is -2.35. The molecule has 0 bridgehead atoms. The minimum Gasteiger partial charge on any atom is -0.493 e. The Bertz CT molecular complexity index is 402. The summed E-state index contributed by atoms with van der Waals surface area (Å²) < 4.78 is 11.0. The van der Waals surface area contributed by atoms with Gasteiger partial charge in [-0.25, -0.2) is 0 Å². The van der Waals surface area contributed by atoms with E-state index in [-0.39, 0.29) is 6.10 Å². The maximum absolute atomic E-state index is 9.25. The van der Waals surface area contributed by atoms with Crippen LogP contribution in [0.3, 0.4) is 0 Å². The maximum atomic E-state index is 9.25. The van der Waals surface area contributed by atoms with Crippen LogP contribution in [0.25, 0.3) is 0 Å². The summed E-state index contributed by atoms with van der Waals surface area (Å²) >= 11 is 0. The van der Waals surface area contributed by atoms with Gasteiger partial charge in [-0.3, -0.25) is 0 Å². The summed E-state index contributed by atoms with van der Waals surface area (Å²) in [4.78, 5) is 0. The largest absolute Gasteiger partial charge is 0.493 e. The van der Waals surface area contributed by atoms with Gasteiger partial charge in [0.05, 0.1) is 19.8 Å². The van der Waals surface area contributed by atoms with Crippen LogP contribution in [0.4, 0.5) is 0 Å². The molecule has 0 heterocycles. The van der Waals surface area contributed by atoms with E-state index in [2.05, 4.69) is 5.32 Å². The minimum absolute atomic E-state index is 0.0809. The van der Waals surface area contributed by atoms with Crippen LogP contribution >= 0.6 is 0 Å². The van der Waals surface area contributed by atoms with E-state index >= 15 is 0 Å². The van der Waals surface area contributed by atoms with Gasteiger partial charge in [-0.2, -0.15) is 0 Å². The normalized spacial score (nSPS) is 21.8. The Labute approximate surface area is 114 Å². The molecule has 1 aliphatic rings. The average Bonchev–Trinajstić information content (AvgIpc) is 2.37. The summed E-state index contributed by atoms with van der Waals surface area (Å²) in [5.74, 6) is 2.21. The standard InChI is InChI=1S/C15H23NO3/c1-3-19-14-6-4-5-12(15(14)18-2)10-16-9-11-7-13(17)8-11/h4-6,11,13,16-17H,3,7-10H2,1-2H3. The molecule has 4 nitrogen and oxygen atoms in total. The summed E-state index contributed by atoms with van der Waals surface area (Å²) in [5.41, 5.74) is 1.10. The Morgan fingerprint density at radius 3 is 2.79 bits per heavy atom. The van der Waals surface area contributed by atoms with E-state index in [0.29, 0.717) is 12.5 Å². The molecular weight excluding hydrogens is 242 g/mol. The Hall–Kier alpha value is -1.26. The monoisotopic (exact) mass is 265 g/mol. The highest BCUT2D eigenvalue weighted by molar-refractivity contribution is 5.46. The molecule has 2 N–H and O–H groups in total. The molecule has 4 heteroatoms. The fourth-order valence-corrected chi connectivity index (χ4v) is 2.48. The van der Waals surface area contributed by atoms with Crippen LogP contribution < -0.4 is 14.8 Å². The van der Waals surface area contributed by atoms with Crippen LogP contribution in [0.2, 0.25) is 0 Å². The Morgan fingerprint density at radius 2 is 2.16 bits per heavy atom. The molecule has 1 aliphatic carbocycles. The van der Waals surface area contributed by atoms with Crippen molar-refractivity contribution in [3.63, 3.8) is 0 Å². The first-order valence-electron chi connectivity index (χ1n) is 6.92. The second-order valence-electron chi connectivity index (χ2n) is 5.00. The van der Waals surface area contributed by atoms with Crippen molar-refractivity contribution in [2.45, 2.75) is 32.4 Å². The number of aliphatic hydroxyl groups is 1. The number of aliphatic hydroxyl groups excluding tert-OH is 1. The SMILES string of the molecule is CCOc1cccc(CNCC2CC(O)C2)c1OC. The molecular formula is C15H23NO3. The lowest BCUT2D eigenvalue weighted by atomic mass is 9.82. The average molecular weight is 265 g/mol. The zero-order valence-electron chi connectivity index (χ0n) is 11.7. The lowest BCUT2D eigenvalue weighted by Gasteiger charge is -2.31. The Balaban J connectivity index is 1.89. The lowest BCUT2D eigenvalue weighted by molar-refractivity contribution is 0.0429. The number of methoxy groups -OCH3 is 1. The van der Waals surface area contributed by atoms with Crippen molar-refractivity contribution in [2.75, 3.05) is 20.3 Å². The third kappa shape index (κ3) is 3.61. The molecule has 2 rings (SSSR count). The number of rotatable bonds is 7. The summed E-state index contributed by atoms with van der Waals surface area (Å²) in [6.45, 7) is 4.30. The fraction of sp³-hybridized carbons (Fsp3) is 0.600. The second-order valence-corrected chi connectivity index (χ2v) is 5.00. The predicted molar refractivity (Wildman–Crippen MR) is 74.6 cm³/mol. The minimum atomic E-state index is -0.0809. The smallest absolute Gasteiger partial charge is 0.165 e. The van der Waals surface area contributed by atoms with E-state index in [1.807, 2.05) is 25.1 Å². The zero-order valence-corrected chi connectivity index (χ0v) is 11.7. The summed E-state index contributed by atoms with van der Waals surface area (Å²) in [6, 6.07) is 5.95. The maximum Gasteiger partial charge on any atom is 0.165 e. The van der Waals surface area contributed by atoms with E-state index in [1.165, 1.54) is 0 Å². The highest BCUT2D eigenvalue weighted by atomic mass is 16.5. The second kappa shape index (κ2) is 6.78. The zero-order chi connectivity index (χ0) is 13.7. The highest BCUT2D eigenvalue weighted by Crippen LogP contribution is 2.31. The Morgan fingerprint density at radius 1 is 1.37 bits per heavy atom. The van der Waals surface area contributed by atoms with Crippen LogP contribution in [-0.2, 0) is 6.54 Å². The van der Waals surface area contributed by atoms with Gasteiger partial charge in [-0.1, -0.05) is 12.1 Å². The van der Waals surface area contributed by atoms with Crippen LogP contribution in [-0.4, -0.2) is 31.5 Å². The molecule has 0 spiro atoms. The van der Waals surface area contributed by atoms with Gasteiger partial charge >= 0.3 is 0 Å². The molecule has 0 unspecified atom stereocenters. The van der Waals surface area contributed by atoms with Crippen molar-refractivity contribution in [2.24, 2.45) is 5.92 Å². The van der Waals surface area contributed by atoms with Crippen molar-refractivity contribution < 1.29 is 14.6 Å². The van der Waals surface area contributed by atoms with Gasteiger partial charge < -0.3 is 19.9 Å². The molecule has 0 aromatic heterocycles. The topological polar surface area (TPSA) is 50.7 Å². The summed E-state index contributed by atoms with van der Waals surface area (Å²) in [6.07, 6.45) is 1.76. The van der Waals surface area contributed by atoms with Crippen LogP contribution in [0.5, 0.6) is 11.5 Å². The van der Waals surface area contributed by atoms with Gasteiger partial charge in [0.2, 0.25) is 0 Å². The van der Waals surface area contributed by atoms with Gasteiger partial charge in [0, 0.05) is 12.1 Å². The van der Waals surface area contributed by atoms with Gasteiger partial charge in [0.25, 0.3) is 0 Å². The first kappa shape index (κ1) is 14.2. The molecule has 1 aromatic rings. The molecule has 19 heavy (non-hydrogen) atoms. The number of ether oxygens (including phenoxy) is 2. The van der Waals surface area contributed by atoms with Gasteiger partial charge in [-0.15, -0.1) is 0 Å². The Kier molecular flexibility index (Phi) is 5.05. The van der Waals surface area contributed by atoms with Crippen molar-refractivity contribution >= 4 is 0 Å². The fourth-order valence-electron chi connectivity index (χ4n) is 2.48. The number of nitrogens with one attached hydrogen (secondary N) is 1. The molecule has 0 radical (unpaired) electrons. The first-order chi connectivity index (χ1) is 9.24. The van der Waals surface area contributed by atoms with Crippen molar-refractivity contribution in [1.82, 2.24) is 5.32 Å². The molecule has 0 saturated heterocycles. The van der Waals surface area contributed by atoms with E-state index in [4.69, 9.17) is 9.47 Å². The number of para-hydroxylation sites is 1. The first-order valence-corrected chi connectivity index (χ1v) is 6.92. The number of benzene rings is 1. The molecule has 106 valence electrons. The number of hydrogen-bond donors (Lipinski definition) is 2. The van der Waals surface area contributed by atoms with Crippen molar-refractivity contribution in [3.8, 4) is 11.5 Å². The quantitative estimate of drug-likeness (QED) is 0.791. The van der Waals surface area contributed by atoms with Crippen molar-refractivity contribution in [3.05, 3.63) is 23.8 Å². The van der Waals surface area contributed by atoms with Crippen LogP contribution in [0.15, 0.2) is 18.2 Å². The summed E-state index contributed by atoms with van der Waals surface area (Å²) in [5, 5.41) is 12.7. The van der Waals surface area contributed by atoms with E-state index in [1.54, 1.807) is 7.11 Å². The van der Waals surface area contributed by atoms with Crippen LogP contribution in [0.1, 0.15) is 25.3 Å². The molecule has 0 atom stereocenters. The van der Waals surface area contributed by atoms with Gasteiger partial charge in [0.15, 0.2) is 11.5 Å². The predicted octanol–water partition coefficient (Wildman–Crippen LogP) is 1.95. The van der Waals surface area contributed by atoms with E-state index in [0.717, 1.165) is 43.0 Å².